The molecule has 0 fully saturated rings. The van der Waals surface area contributed by atoms with Crippen molar-refractivity contribution < 1.29 is 9.18 Å². The van der Waals surface area contributed by atoms with Crippen molar-refractivity contribution in [1.82, 2.24) is 4.90 Å². The average Bonchev–Trinajstić information content (AvgIpc) is 2.52. The quantitative estimate of drug-likeness (QED) is 0.725. The molecule has 2 nitrogen and oxygen atoms in total. The first-order valence-electron chi connectivity index (χ1n) is 7.17. The second-order valence-corrected chi connectivity index (χ2v) is 5.19. The molecular formula is C18H20FNO. The van der Waals surface area contributed by atoms with Gasteiger partial charge in [0.15, 0.2) is 5.78 Å². The van der Waals surface area contributed by atoms with Crippen LogP contribution in [0.1, 0.15) is 22.3 Å². The molecule has 110 valence electrons. The molecule has 0 N–H and O–H groups in total. The van der Waals surface area contributed by atoms with E-state index in [9.17, 15) is 9.18 Å². The summed E-state index contributed by atoms with van der Waals surface area (Å²) in [4.78, 5) is 14.1. The number of likely N-dealkylation sites (N-methyl/N-ethyl adjacent to an activating group) is 1. The van der Waals surface area contributed by atoms with Gasteiger partial charge in [-0.2, -0.15) is 0 Å². The predicted octanol–water partition coefficient (Wildman–Crippen LogP) is 3.57. The summed E-state index contributed by atoms with van der Waals surface area (Å²) in [5, 5.41) is 0. The Hall–Kier alpha value is -2.00. The van der Waals surface area contributed by atoms with Crippen LogP contribution in [0.15, 0.2) is 54.6 Å². The molecule has 0 saturated heterocycles. The Kier molecular flexibility index (Phi) is 5.64. The number of halogens is 1. The summed E-state index contributed by atoms with van der Waals surface area (Å²) in [5.41, 5.74) is 1.47. The fourth-order valence-corrected chi connectivity index (χ4v) is 2.19. The van der Waals surface area contributed by atoms with Gasteiger partial charge in [-0.1, -0.05) is 42.5 Å². The number of ketones is 1. The van der Waals surface area contributed by atoms with Crippen molar-refractivity contribution in [3.63, 3.8) is 0 Å². The minimum atomic E-state index is -0.436. The molecule has 0 aliphatic heterocycles. The molecule has 0 bridgehead atoms. The van der Waals surface area contributed by atoms with Crippen LogP contribution in [0, 0.1) is 5.82 Å². The Morgan fingerprint density at radius 2 is 1.67 bits per heavy atom. The fourth-order valence-electron chi connectivity index (χ4n) is 2.19. The lowest BCUT2D eigenvalue weighted by Gasteiger charge is -2.16. The molecule has 0 atom stereocenters. The lowest BCUT2D eigenvalue weighted by Crippen LogP contribution is -2.24. The van der Waals surface area contributed by atoms with Crippen molar-refractivity contribution in [3.8, 4) is 0 Å². The molecule has 3 heteroatoms. The molecule has 0 radical (unpaired) electrons. The summed E-state index contributed by atoms with van der Waals surface area (Å²) in [7, 11) is 1.98. The van der Waals surface area contributed by atoms with E-state index < -0.39 is 5.82 Å². The van der Waals surface area contributed by atoms with E-state index in [1.807, 2.05) is 25.2 Å². The smallest absolute Gasteiger partial charge is 0.167 e. The van der Waals surface area contributed by atoms with Crippen molar-refractivity contribution in [1.29, 1.82) is 0 Å². The van der Waals surface area contributed by atoms with E-state index in [1.54, 1.807) is 18.2 Å². The number of hydrogen-bond donors (Lipinski definition) is 0. The van der Waals surface area contributed by atoms with Gasteiger partial charge >= 0.3 is 0 Å². The van der Waals surface area contributed by atoms with Gasteiger partial charge < -0.3 is 4.90 Å². The van der Waals surface area contributed by atoms with E-state index in [-0.39, 0.29) is 11.3 Å². The van der Waals surface area contributed by atoms with Crippen LogP contribution in [0.2, 0.25) is 0 Å². The van der Waals surface area contributed by atoms with Crippen LogP contribution < -0.4 is 0 Å². The lowest BCUT2D eigenvalue weighted by molar-refractivity contribution is 0.0965. The highest BCUT2D eigenvalue weighted by molar-refractivity contribution is 5.96. The molecule has 21 heavy (non-hydrogen) atoms. The van der Waals surface area contributed by atoms with Crippen LogP contribution in [-0.2, 0) is 6.42 Å². The van der Waals surface area contributed by atoms with Gasteiger partial charge in [-0.25, -0.2) is 4.39 Å². The first kappa shape index (κ1) is 15.4. The van der Waals surface area contributed by atoms with E-state index in [0.29, 0.717) is 13.0 Å². The van der Waals surface area contributed by atoms with Crippen LogP contribution in [0.5, 0.6) is 0 Å². The van der Waals surface area contributed by atoms with Crippen molar-refractivity contribution >= 4 is 5.78 Å². The third kappa shape index (κ3) is 4.80. The Bertz CT molecular complexity index is 583. The van der Waals surface area contributed by atoms with E-state index in [4.69, 9.17) is 0 Å². The number of rotatable bonds is 7. The minimum absolute atomic E-state index is 0.139. The maximum atomic E-state index is 13.5. The van der Waals surface area contributed by atoms with Crippen molar-refractivity contribution in [2.75, 3.05) is 20.1 Å². The zero-order valence-electron chi connectivity index (χ0n) is 12.3. The molecule has 0 aliphatic carbocycles. The van der Waals surface area contributed by atoms with E-state index >= 15 is 0 Å². The van der Waals surface area contributed by atoms with Crippen LogP contribution in [0.3, 0.4) is 0 Å². The normalized spacial score (nSPS) is 10.8. The highest BCUT2D eigenvalue weighted by Gasteiger charge is 2.11. The van der Waals surface area contributed by atoms with Crippen molar-refractivity contribution in [3.05, 3.63) is 71.5 Å². The zero-order chi connectivity index (χ0) is 15.1. The molecule has 0 amide bonds. The third-order valence-corrected chi connectivity index (χ3v) is 3.52. The highest BCUT2D eigenvalue weighted by atomic mass is 19.1. The number of nitrogens with zero attached hydrogens (tertiary/aromatic N) is 1. The first-order valence-corrected chi connectivity index (χ1v) is 7.17. The molecule has 0 unspecified atom stereocenters. The van der Waals surface area contributed by atoms with Gasteiger partial charge in [-0.3, -0.25) is 4.79 Å². The molecule has 0 saturated carbocycles. The van der Waals surface area contributed by atoms with Crippen LogP contribution >= 0.6 is 0 Å². The molecule has 0 aromatic heterocycles. The maximum absolute atomic E-state index is 13.5. The van der Waals surface area contributed by atoms with Crippen LogP contribution in [-0.4, -0.2) is 30.8 Å². The molecule has 2 aromatic rings. The van der Waals surface area contributed by atoms with Crippen molar-refractivity contribution in [2.45, 2.75) is 12.8 Å². The van der Waals surface area contributed by atoms with Gasteiger partial charge in [0.1, 0.15) is 5.82 Å². The monoisotopic (exact) mass is 285 g/mol. The number of hydrogen-bond acceptors (Lipinski definition) is 2. The SMILES string of the molecule is CN(CCC(=O)c1ccccc1F)CCc1ccccc1. The molecule has 0 spiro atoms. The zero-order valence-corrected chi connectivity index (χ0v) is 12.3. The van der Waals surface area contributed by atoms with E-state index in [1.165, 1.54) is 11.6 Å². The largest absolute Gasteiger partial charge is 0.306 e. The predicted molar refractivity (Wildman–Crippen MR) is 83.0 cm³/mol. The molecule has 2 rings (SSSR count). The van der Waals surface area contributed by atoms with Gasteiger partial charge in [0.25, 0.3) is 0 Å². The second-order valence-electron chi connectivity index (χ2n) is 5.19. The second kappa shape index (κ2) is 7.70. The Morgan fingerprint density at radius 1 is 1.00 bits per heavy atom. The summed E-state index contributed by atoms with van der Waals surface area (Å²) in [5.74, 6) is -0.575. The van der Waals surface area contributed by atoms with Gasteiger partial charge in [0, 0.05) is 19.5 Å². The summed E-state index contributed by atoms with van der Waals surface area (Å²) in [6.07, 6.45) is 1.29. The average molecular weight is 285 g/mol. The summed E-state index contributed by atoms with van der Waals surface area (Å²) < 4.78 is 13.5. The van der Waals surface area contributed by atoms with Gasteiger partial charge in [0.05, 0.1) is 5.56 Å². The van der Waals surface area contributed by atoms with Crippen molar-refractivity contribution in [2.24, 2.45) is 0 Å². The first-order chi connectivity index (χ1) is 10.2. The molecule has 0 heterocycles. The number of Topliss-reactive ketones (excluding diaryl/α,β-unsaturated/α-hetero) is 1. The summed E-state index contributed by atoms with van der Waals surface area (Å²) in [6.45, 7) is 1.52. The maximum Gasteiger partial charge on any atom is 0.167 e. The fraction of sp³-hybridized carbons (Fsp3) is 0.278. The van der Waals surface area contributed by atoms with Crippen LogP contribution in [0.25, 0.3) is 0 Å². The standard InChI is InChI=1S/C18H20FNO/c1-20(13-11-15-7-3-2-4-8-15)14-12-18(21)16-9-5-6-10-17(16)19/h2-10H,11-14H2,1H3. The number of carbonyl (C=O) groups is 1. The summed E-state index contributed by atoms with van der Waals surface area (Å²) in [6, 6.07) is 16.4. The topological polar surface area (TPSA) is 20.3 Å². The summed E-state index contributed by atoms with van der Waals surface area (Å²) >= 11 is 0. The van der Waals surface area contributed by atoms with E-state index in [2.05, 4.69) is 17.0 Å². The van der Waals surface area contributed by atoms with E-state index in [0.717, 1.165) is 13.0 Å². The number of benzene rings is 2. The molecular weight excluding hydrogens is 265 g/mol. The van der Waals surface area contributed by atoms with Gasteiger partial charge in [-0.15, -0.1) is 0 Å². The minimum Gasteiger partial charge on any atom is -0.306 e. The molecule has 2 aromatic carbocycles. The Morgan fingerprint density at radius 3 is 2.38 bits per heavy atom. The van der Waals surface area contributed by atoms with Crippen LogP contribution in [0.4, 0.5) is 4.39 Å². The van der Waals surface area contributed by atoms with Gasteiger partial charge in [0.2, 0.25) is 0 Å². The Labute approximate surface area is 125 Å². The lowest BCUT2D eigenvalue weighted by atomic mass is 10.1. The number of carbonyl (C=O) groups excluding carboxylic acids is 1. The highest BCUT2D eigenvalue weighted by Crippen LogP contribution is 2.09. The molecule has 0 aliphatic rings. The Balaban J connectivity index is 1.77. The third-order valence-electron chi connectivity index (χ3n) is 3.52. The van der Waals surface area contributed by atoms with Gasteiger partial charge in [-0.05, 0) is 31.2 Å².